The fourth-order valence-corrected chi connectivity index (χ4v) is 3.71. The van der Waals surface area contributed by atoms with Gasteiger partial charge < -0.3 is 8.85 Å². The van der Waals surface area contributed by atoms with Crippen LogP contribution in [0.4, 0.5) is 0 Å². The lowest BCUT2D eigenvalue weighted by Crippen LogP contribution is -2.37. The third-order valence-corrected chi connectivity index (χ3v) is 5.89. The van der Waals surface area contributed by atoms with Gasteiger partial charge in [0.05, 0.1) is 0 Å². The van der Waals surface area contributed by atoms with Crippen LogP contribution in [0.25, 0.3) is 0 Å². The topological polar surface area (TPSA) is 18.5 Å². The molecule has 10 heavy (non-hydrogen) atoms. The van der Waals surface area contributed by atoms with Gasteiger partial charge in [0.1, 0.15) is 0 Å². The molecule has 0 bridgehead atoms. The molecular formula is C7H16O2Si. The van der Waals surface area contributed by atoms with E-state index in [1.165, 1.54) is 12.8 Å². The minimum atomic E-state index is -1.69. The highest BCUT2D eigenvalue weighted by atomic mass is 28.4. The van der Waals surface area contributed by atoms with Gasteiger partial charge in [0.25, 0.3) is 0 Å². The van der Waals surface area contributed by atoms with Gasteiger partial charge >= 0.3 is 8.56 Å². The van der Waals surface area contributed by atoms with Crippen molar-refractivity contribution in [3.8, 4) is 0 Å². The lowest BCUT2D eigenvalue weighted by molar-refractivity contribution is 0.213. The van der Waals surface area contributed by atoms with Gasteiger partial charge in [-0.3, -0.25) is 0 Å². The Morgan fingerprint density at radius 1 is 1.50 bits per heavy atom. The van der Waals surface area contributed by atoms with E-state index in [9.17, 15) is 0 Å². The smallest absolute Gasteiger partial charge is 0.337 e. The first-order valence-electron chi connectivity index (χ1n) is 3.92. The first kappa shape index (κ1) is 8.24. The van der Waals surface area contributed by atoms with Gasteiger partial charge in [-0.25, -0.2) is 0 Å². The Morgan fingerprint density at radius 2 is 2.10 bits per heavy atom. The van der Waals surface area contributed by atoms with Crippen LogP contribution in [0, 0.1) is 0 Å². The van der Waals surface area contributed by atoms with Crippen molar-refractivity contribution < 1.29 is 8.85 Å². The summed E-state index contributed by atoms with van der Waals surface area (Å²) in [5.74, 6) is 0. The molecule has 0 aromatic heterocycles. The molecule has 0 aromatic carbocycles. The summed E-state index contributed by atoms with van der Waals surface area (Å²) in [7, 11) is 0.0884. The molecule has 0 heterocycles. The van der Waals surface area contributed by atoms with Crippen LogP contribution in [0.2, 0.25) is 12.1 Å². The standard InChI is InChI=1S/C7H16O2Si/c1-4-9-10(3,8-2)7-5-6-7/h7H,4-6H2,1-3H3. The van der Waals surface area contributed by atoms with E-state index in [0.29, 0.717) is 0 Å². The van der Waals surface area contributed by atoms with E-state index in [0.717, 1.165) is 12.1 Å². The van der Waals surface area contributed by atoms with E-state index >= 15 is 0 Å². The maximum atomic E-state index is 5.62. The first-order valence-corrected chi connectivity index (χ1v) is 6.31. The highest BCUT2D eigenvalue weighted by Gasteiger charge is 2.46. The van der Waals surface area contributed by atoms with E-state index in [4.69, 9.17) is 8.85 Å². The van der Waals surface area contributed by atoms with Crippen molar-refractivity contribution in [2.45, 2.75) is 31.9 Å². The second-order valence-electron chi connectivity index (χ2n) is 2.93. The maximum absolute atomic E-state index is 5.62. The SMILES string of the molecule is CCO[Si](C)(OC)C1CC1. The van der Waals surface area contributed by atoms with Crippen molar-refractivity contribution in [2.24, 2.45) is 0 Å². The van der Waals surface area contributed by atoms with E-state index in [1.807, 2.05) is 6.92 Å². The Labute approximate surface area is 63.8 Å². The lowest BCUT2D eigenvalue weighted by Gasteiger charge is -2.23. The predicted octanol–water partition coefficient (Wildman–Crippen LogP) is 1.91. The molecule has 0 N–H and O–H groups in total. The highest BCUT2D eigenvalue weighted by molar-refractivity contribution is 6.68. The second-order valence-corrected chi connectivity index (χ2v) is 6.47. The van der Waals surface area contributed by atoms with Crippen LogP contribution in [0.15, 0.2) is 0 Å². The van der Waals surface area contributed by atoms with Crippen molar-refractivity contribution in [2.75, 3.05) is 13.7 Å². The Bertz CT molecular complexity index is 114. The van der Waals surface area contributed by atoms with Gasteiger partial charge in [-0.1, -0.05) is 0 Å². The monoisotopic (exact) mass is 160 g/mol. The lowest BCUT2D eigenvalue weighted by atomic mass is 10.9. The molecule has 60 valence electrons. The molecule has 1 saturated carbocycles. The Morgan fingerprint density at radius 3 is 2.40 bits per heavy atom. The number of hydrogen-bond donors (Lipinski definition) is 0. The number of hydrogen-bond acceptors (Lipinski definition) is 2. The molecule has 2 nitrogen and oxygen atoms in total. The summed E-state index contributed by atoms with van der Waals surface area (Å²) >= 11 is 0. The molecular weight excluding hydrogens is 144 g/mol. The number of rotatable bonds is 4. The zero-order chi connectivity index (χ0) is 7.61. The molecule has 1 fully saturated rings. The molecule has 1 rings (SSSR count). The fraction of sp³-hybridized carbons (Fsp3) is 1.00. The van der Waals surface area contributed by atoms with Crippen LogP contribution >= 0.6 is 0 Å². The largest absolute Gasteiger partial charge is 0.398 e. The Balaban J connectivity index is 2.39. The molecule has 1 unspecified atom stereocenters. The van der Waals surface area contributed by atoms with Crippen molar-refractivity contribution in [1.82, 2.24) is 0 Å². The molecule has 1 atom stereocenters. The van der Waals surface area contributed by atoms with E-state index in [-0.39, 0.29) is 0 Å². The van der Waals surface area contributed by atoms with Crippen LogP contribution < -0.4 is 0 Å². The predicted molar refractivity (Wildman–Crippen MR) is 43.2 cm³/mol. The van der Waals surface area contributed by atoms with Crippen molar-refractivity contribution in [3.63, 3.8) is 0 Å². The Kier molecular flexibility index (Phi) is 2.49. The van der Waals surface area contributed by atoms with Crippen LogP contribution in [-0.4, -0.2) is 22.3 Å². The van der Waals surface area contributed by atoms with Crippen molar-refractivity contribution in [1.29, 1.82) is 0 Å². The maximum Gasteiger partial charge on any atom is 0.337 e. The average Bonchev–Trinajstić information content (AvgIpc) is 2.69. The molecule has 0 aliphatic heterocycles. The molecule has 1 aliphatic carbocycles. The summed E-state index contributed by atoms with van der Waals surface area (Å²) in [6.07, 6.45) is 2.63. The summed E-state index contributed by atoms with van der Waals surface area (Å²) in [6.45, 7) is 4.99. The summed E-state index contributed by atoms with van der Waals surface area (Å²) in [5.41, 5.74) is 0.775. The van der Waals surface area contributed by atoms with Gasteiger partial charge in [-0.15, -0.1) is 0 Å². The third-order valence-electron chi connectivity index (χ3n) is 2.16. The molecule has 0 spiro atoms. The molecule has 0 aromatic rings. The quantitative estimate of drug-likeness (QED) is 0.585. The Hall–Kier alpha value is 0.137. The minimum absolute atomic E-state index is 0.775. The summed E-state index contributed by atoms with van der Waals surface area (Å²) in [4.78, 5) is 0. The van der Waals surface area contributed by atoms with Crippen molar-refractivity contribution >= 4 is 8.56 Å². The second kappa shape index (κ2) is 3.03. The van der Waals surface area contributed by atoms with E-state index < -0.39 is 8.56 Å². The molecule has 3 heteroatoms. The minimum Gasteiger partial charge on any atom is -0.398 e. The van der Waals surface area contributed by atoms with Crippen LogP contribution in [0.1, 0.15) is 19.8 Å². The zero-order valence-corrected chi connectivity index (χ0v) is 8.02. The average molecular weight is 160 g/mol. The zero-order valence-electron chi connectivity index (χ0n) is 7.02. The summed E-state index contributed by atoms with van der Waals surface area (Å²) < 4.78 is 11.0. The van der Waals surface area contributed by atoms with Crippen LogP contribution in [0.5, 0.6) is 0 Å². The molecule has 0 saturated heterocycles. The fourth-order valence-electron chi connectivity index (χ4n) is 1.24. The first-order chi connectivity index (χ1) is 4.73. The van der Waals surface area contributed by atoms with Gasteiger partial charge in [0, 0.05) is 19.3 Å². The van der Waals surface area contributed by atoms with Gasteiger partial charge in [-0.05, 0) is 26.3 Å². The van der Waals surface area contributed by atoms with Gasteiger partial charge in [0.15, 0.2) is 0 Å². The highest BCUT2D eigenvalue weighted by Crippen LogP contribution is 2.45. The summed E-state index contributed by atoms with van der Waals surface area (Å²) in [5, 5.41) is 0. The van der Waals surface area contributed by atoms with E-state index in [1.54, 1.807) is 7.11 Å². The normalized spacial score (nSPS) is 24.3. The van der Waals surface area contributed by atoms with Gasteiger partial charge in [0.2, 0.25) is 0 Å². The summed E-state index contributed by atoms with van der Waals surface area (Å²) in [6, 6.07) is 0. The van der Waals surface area contributed by atoms with Crippen molar-refractivity contribution in [3.05, 3.63) is 0 Å². The van der Waals surface area contributed by atoms with Crippen LogP contribution in [0.3, 0.4) is 0 Å². The van der Waals surface area contributed by atoms with E-state index in [2.05, 4.69) is 6.55 Å². The van der Waals surface area contributed by atoms with Gasteiger partial charge in [-0.2, -0.15) is 0 Å². The molecule has 1 aliphatic rings. The molecule has 0 amide bonds. The van der Waals surface area contributed by atoms with Crippen LogP contribution in [-0.2, 0) is 8.85 Å². The third kappa shape index (κ3) is 1.59. The molecule has 0 radical (unpaired) electrons.